The molecule has 0 aliphatic carbocycles. The summed E-state index contributed by atoms with van der Waals surface area (Å²) in [6.45, 7) is 4.34. The largest absolute Gasteiger partial charge is 0.487 e. The molecule has 1 aromatic carbocycles. The van der Waals surface area contributed by atoms with E-state index in [0.29, 0.717) is 24.8 Å². The lowest BCUT2D eigenvalue weighted by molar-refractivity contribution is 0.211. The molecular weight excluding hydrogens is 332 g/mol. The Bertz CT molecular complexity index is 855. The second-order valence-electron chi connectivity index (χ2n) is 5.85. The fourth-order valence-electron chi connectivity index (χ4n) is 2.81. The molecule has 1 aliphatic heterocycles. The van der Waals surface area contributed by atoms with Crippen molar-refractivity contribution in [2.45, 2.75) is 0 Å². The van der Waals surface area contributed by atoms with Crippen molar-refractivity contribution < 1.29 is 9.47 Å². The summed E-state index contributed by atoms with van der Waals surface area (Å²) < 4.78 is 11.5. The van der Waals surface area contributed by atoms with Crippen molar-refractivity contribution in [1.82, 2.24) is 25.3 Å². The summed E-state index contributed by atoms with van der Waals surface area (Å²) in [5.74, 6) is 1.94. The Balaban J connectivity index is 1.50. The van der Waals surface area contributed by atoms with Crippen LogP contribution in [0.4, 0.5) is 5.82 Å². The summed E-state index contributed by atoms with van der Waals surface area (Å²) in [4.78, 5) is 19.5. The number of para-hydroxylation sites is 2. The zero-order valence-electron chi connectivity index (χ0n) is 14.3. The highest BCUT2D eigenvalue weighted by Gasteiger charge is 2.19. The highest BCUT2D eigenvalue weighted by atomic mass is 16.5. The number of rotatable bonds is 6. The molecule has 1 aliphatic rings. The van der Waals surface area contributed by atoms with E-state index in [1.54, 1.807) is 12.4 Å². The lowest BCUT2D eigenvalue weighted by Crippen LogP contribution is -2.44. The van der Waals surface area contributed by atoms with Crippen molar-refractivity contribution >= 4 is 16.9 Å². The maximum absolute atomic E-state index is 5.92. The van der Waals surface area contributed by atoms with Gasteiger partial charge in [0.1, 0.15) is 19.5 Å². The molecule has 8 nitrogen and oxygen atoms in total. The molecular formula is C18H20N6O2. The summed E-state index contributed by atoms with van der Waals surface area (Å²) in [6, 6.07) is 7.82. The van der Waals surface area contributed by atoms with Gasteiger partial charge < -0.3 is 19.7 Å². The van der Waals surface area contributed by atoms with Gasteiger partial charge in [-0.05, 0) is 12.1 Å². The van der Waals surface area contributed by atoms with E-state index in [0.717, 1.165) is 43.0 Å². The van der Waals surface area contributed by atoms with Crippen LogP contribution in [-0.4, -0.2) is 59.3 Å². The molecule has 2 aromatic heterocycles. The van der Waals surface area contributed by atoms with Crippen molar-refractivity contribution in [2.24, 2.45) is 0 Å². The summed E-state index contributed by atoms with van der Waals surface area (Å²) in [5.41, 5.74) is 1.69. The van der Waals surface area contributed by atoms with Gasteiger partial charge in [0.25, 0.3) is 5.88 Å². The monoisotopic (exact) mass is 352 g/mol. The van der Waals surface area contributed by atoms with Crippen molar-refractivity contribution in [3.8, 4) is 11.6 Å². The Morgan fingerprint density at radius 3 is 2.38 bits per heavy atom. The van der Waals surface area contributed by atoms with Crippen LogP contribution in [0.2, 0.25) is 0 Å². The summed E-state index contributed by atoms with van der Waals surface area (Å²) in [7, 11) is 0. The average molecular weight is 352 g/mol. The number of aromatic nitrogens is 4. The molecule has 8 heteroatoms. The van der Waals surface area contributed by atoms with Gasteiger partial charge in [-0.2, -0.15) is 0 Å². The first-order valence-corrected chi connectivity index (χ1v) is 8.63. The molecule has 3 aromatic rings. The molecule has 4 rings (SSSR count). The van der Waals surface area contributed by atoms with Crippen molar-refractivity contribution in [1.29, 1.82) is 0 Å². The Kier molecular flexibility index (Phi) is 5.02. The molecule has 26 heavy (non-hydrogen) atoms. The molecule has 1 fully saturated rings. The third-order valence-corrected chi connectivity index (χ3v) is 4.07. The van der Waals surface area contributed by atoms with Gasteiger partial charge in [0.2, 0.25) is 0 Å². The summed E-state index contributed by atoms with van der Waals surface area (Å²) >= 11 is 0. The van der Waals surface area contributed by atoms with E-state index in [1.807, 2.05) is 24.3 Å². The van der Waals surface area contributed by atoms with Crippen LogP contribution in [0, 0.1) is 0 Å². The smallest absolute Gasteiger partial charge is 0.258 e. The van der Waals surface area contributed by atoms with E-state index >= 15 is 0 Å². The molecule has 0 saturated carbocycles. The maximum atomic E-state index is 5.92. The van der Waals surface area contributed by atoms with Gasteiger partial charge in [0.05, 0.1) is 23.4 Å². The van der Waals surface area contributed by atoms with Gasteiger partial charge in [0.15, 0.2) is 11.6 Å². The molecule has 0 spiro atoms. The Labute approximate surface area is 151 Å². The van der Waals surface area contributed by atoms with Gasteiger partial charge in [-0.3, -0.25) is 0 Å². The Morgan fingerprint density at radius 1 is 0.923 bits per heavy atom. The molecule has 0 bridgehead atoms. The molecule has 1 saturated heterocycles. The molecule has 1 N–H and O–H groups in total. The van der Waals surface area contributed by atoms with Crippen molar-refractivity contribution in [3.63, 3.8) is 0 Å². The average Bonchev–Trinajstić information content (AvgIpc) is 2.72. The number of hydrogen-bond donors (Lipinski definition) is 1. The van der Waals surface area contributed by atoms with Gasteiger partial charge in [-0.15, -0.1) is 0 Å². The first-order valence-electron chi connectivity index (χ1n) is 8.63. The van der Waals surface area contributed by atoms with Crippen molar-refractivity contribution in [2.75, 3.05) is 44.3 Å². The summed E-state index contributed by atoms with van der Waals surface area (Å²) in [6.07, 6.45) is 4.71. The lowest BCUT2D eigenvalue weighted by atomic mass is 10.3. The second-order valence-corrected chi connectivity index (χ2v) is 5.85. The number of piperazine rings is 1. The van der Waals surface area contributed by atoms with E-state index in [9.17, 15) is 0 Å². The minimum absolute atomic E-state index is 0.362. The maximum Gasteiger partial charge on any atom is 0.258 e. The fourth-order valence-corrected chi connectivity index (χ4v) is 2.81. The third-order valence-electron chi connectivity index (χ3n) is 4.07. The molecule has 0 unspecified atom stereocenters. The van der Waals surface area contributed by atoms with Crippen LogP contribution < -0.4 is 19.7 Å². The molecule has 0 radical (unpaired) electrons. The predicted molar refractivity (Wildman–Crippen MR) is 97.6 cm³/mol. The van der Waals surface area contributed by atoms with E-state index in [1.165, 1.54) is 6.33 Å². The van der Waals surface area contributed by atoms with Crippen LogP contribution >= 0.6 is 0 Å². The highest BCUT2D eigenvalue weighted by Crippen LogP contribution is 2.27. The first-order chi connectivity index (χ1) is 12.9. The fraction of sp³-hybridized carbons (Fsp3) is 0.333. The Morgan fingerprint density at radius 2 is 1.62 bits per heavy atom. The molecule has 0 atom stereocenters. The minimum atomic E-state index is 0.362. The zero-order chi connectivity index (χ0) is 17.6. The van der Waals surface area contributed by atoms with Crippen molar-refractivity contribution in [3.05, 3.63) is 43.0 Å². The van der Waals surface area contributed by atoms with Gasteiger partial charge in [-0.25, -0.2) is 19.9 Å². The molecule has 134 valence electrons. The predicted octanol–water partition coefficient (Wildman–Crippen LogP) is 1.29. The third kappa shape index (κ3) is 3.80. The van der Waals surface area contributed by atoms with E-state index in [4.69, 9.17) is 14.5 Å². The van der Waals surface area contributed by atoms with Crippen LogP contribution in [0.5, 0.6) is 11.6 Å². The van der Waals surface area contributed by atoms with E-state index in [2.05, 4.69) is 25.2 Å². The zero-order valence-corrected chi connectivity index (χ0v) is 14.3. The van der Waals surface area contributed by atoms with Gasteiger partial charge in [-0.1, -0.05) is 12.1 Å². The van der Waals surface area contributed by atoms with Gasteiger partial charge in [0, 0.05) is 26.2 Å². The number of nitrogens with zero attached hydrogens (tertiary/aromatic N) is 5. The van der Waals surface area contributed by atoms with Crippen LogP contribution in [-0.2, 0) is 0 Å². The van der Waals surface area contributed by atoms with Crippen LogP contribution in [0.15, 0.2) is 43.0 Å². The van der Waals surface area contributed by atoms with Crippen LogP contribution in [0.1, 0.15) is 0 Å². The quantitative estimate of drug-likeness (QED) is 0.664. The number of ether oxygens (including phenoxy) is 2. The number of anilines is 1. The van der Waals surface area contributed by atoms with E-state index in [-0.39, 0.29) is 0 Å². The normalized spacial score (nSPS) is 14.4. The molecule has 0 amide bonds. The minimum Gasteiger partial charge on any atom is -0.487 e. The number of fused-ring (bicyclic) bond motifs is 1. The molecule has 3 heterocycles. The van der Waals surface area contributed by atoms with E-state index < -0.39 is 0 Å². The second kappa shape index (κ2) is 7.92. The van der Waals surface area contributed by atoms with Crippen LogP contribution in [0.25, 0.3) is 11.0 Å². The Hall–Kier alpha value is -3.00. The topological polar surface area (TPSA) is 85.3 Å². The number of hydrogen-bond acceptors (Lipinski definition) is 8. The van der Waals surface area contributed by atoms with Gasteiger partial charge >= 0.3 is 0 Å². The number of nitrogens with one attached hydrogen (secondary N) is 1. The standard InChI is InChI=1S/C18H20N6O2/c1-2-4-16-15(3-1)22-17(24-7-5-19-6-8-24)18(23-16)26-10-9-25-14-11-20-13-21-12-14/h1-4,11-13,19H,5-10H2. The SMILES string of the molecule is c1ccc2nc(N3CCNCC3)c(OCCOc3cncnc3)nc2c1. The first kappa shape index (κ1) is 16.5. The highest BCUT2D eigenvalue weighted by molar-refractivity contribution is 5.77. The lowest BCUT2D eigenvalue weighted by Gasteiger charge is -2.29. The van der Waals surface area contributed by atoms with Crippen LogP contribution in [0.3, 0.4) is 0 Å². The number of benzene rings is 1. The summed E-state index contributed by atoms with van der Waals surface area (Å²) in [5, 5.41) is 3.35.